The Labute approximate surface area is 88.9 Å². The monoisotopic (exact) mass is 237 g/mol. The van der Waals surface area contributed by atoms with Crippen LogP contribution < -0.4 is 5.32 Å². The fraction of sp³-hybridized carbons (Fsp3) is 0.750. The maximum absolute atomic E-state index is 11.0. The number of esters is 1. The second kappa shape index (κ2) is 6.39. The third kappa shape index (κ3) is 9.20. The van der Waals surface area contributed by atoms with Gasteiger partial charge in [-0.15, -0.1) is 0 Å². The molecule has 0 bridgehead atoms. The van der Waals surface area contributed by atoms with Crippen molar-refractivity contribution in [1.82, 2.24) is 5.32 Å². The van der Waals surface area contributed by atoms with Gasteiger partial charge in [-0.25, -0.2) is 8.42 Å². The summed E-state index contributed by atoms with van der Waals surface area (Å²) in [6.07, 6.45) is 0.907. The molecule has 0 heterocycles. The molecule has 88 valence electrons. The molecule has 0 aliphatic carbocycles. The van der Waals surface area contributed by atoms with E-state index in [0.29, 0.717) is 0 Å². The van der Waals surface area contributed by atoms with Gasteiger partial charge in [0.05, 0.1) is 12.4 Å². The van der Waals surface area contributed by atoms with Gasteiger partial charge >= 0.3 is 5.97 Å². The van der Waals surface area contributed by atoms with E-state index in [0.717, 1.165) is 6.26 Å². The molecule has 0 aliphatic heterocycles. The van der Waals surface area contributed by atoms with Gasteiger partial charge in [-0.1, -0.05) is 0 Å². The van der Waals surface area contributed by atoms with Crippen LogP contribution in [0.1, 0.15) is 13.3 Å². The Morgan fingerprint density at radius 2 is 1.93 bits per heavy atom. The van der Waals surface area contributed by atoms with Crippen LogP contribution in [-0.2, 0) is 24.2 Å². The standard InChI is InChI=1S/C8H15NO5S/c1-3-14-8(11)6-9-7(10)4-5-15(2,12)13/h3-6H2,1-2H3,(H,9,10). The predicted octanol–water partition coefficient (Wildman–Crippen LogP) is -0.900. The van der Waals surface area contributed by atoms with Crippen LogP contribution in [-0.4, -0.2) is 45.5 Å². The first kappa shape index (κ1) is 13.9. The average molecular weight is 237 g/mol. The molecule has 1 N–H and O–H groups in total. The Hall–Kier alpha value is -1.11. The highest BCUT2D eigenvalue weighted by molar-refractivity contribution is 7.90. The molecule has 7 heteroatoms. The molecule has 0 aliphatic rings. The highest BCUT2D eigenvalue weighted by Crippen LogP contribution is 1.88. The summed E-state index contributed by atoms with van der Waals surface area (Å²) in [5.74, 6) is -1.24. The van der Waals surface area contributed by atoms with Crippen LogP contribution in [0, 0.1) is 0 Å². The zero-order valence-electron chi connectivity index (χ0n) is 8.78. The van der Waals surface area contributed by atoms with E-state index in [1.807, 2.05) is 0 Å². The summed E-state index contributed by atoms with van der Waals surface area (Å²) in [5, 5.41) is 2.26. The van der Waals surface area contributed by atoms with Gasteiger partial charge in [0.25, 0.3) is 0 Å². The summed E-state index contributed by atoms with van der Waals surface area (Å²) in [7, 11) is -3.14. The van der Waals surface area contributed by atoms with Crippen molar-refractivity contribution in [2.75, 3.05) is 25.2 Å². The molecule has 0 spiro atoms. The fourth-order valence-electron chi connectivity index (χ4n) is 0.749. The first-order chi connectivity index (χ1) is 6.85. The molecule has 6 nitrogen and oxygen atoms in total. The minimum Gasteiger partial charge on any atom is -0.465 e. The zero-order chi connectivity index (χ0) is 11.9. The minimum absolute atomic E-state index is 0.141. The first-order valence-corrected chi connectivity index (χ1v) is 6.51. The van der Waals surface area contributed by atoms with Crippen molar-refractivity contribution in [2.45, 2.75) is 13.3 Å². The van der Waals surface area contributed by atoms with Crippen LogP contribution in [0.4, 0.5) is 0 Å². The smallest absolute Gasteiger partial charge is 0.325 e. The predicted molar refractivity (Wildman–Crippen MR) is 54.0 cm³/mol. The van der Waals surface area contributed by atoms with E-state index in [1.165, 1.54) is 0 Å². The maximum Gasteiger partial charge on any atom is 0.325 e. The largest absolute Gasteiger partial charge is 0.465 e. The maximum atomic E-state index is 11.0. The lowest BCUT2D eigenvalue weighted by molar-refractivity contribution is -0.143. The molecule has 1 amide bonds. The third-order valence-corrected chi connectivity index (χ3v) is 2.38. The second-order valence-electron chi connectivity index (χ2n) is 2.96. The first-order valence-electron chi connectivity index (χ1n) is 4.45. The molecule has 0 fully saturated rings. The summed E-state index contributed by atoms with van der Waals surface area (Å²) >= 11 is 0. The van der Waals surface area contributed by atoms with Gasteiger partial charge in [0.2, 0.25) is 5.91 Å². The van der Waals surface area contributed by atoms with Gasteiger partial charge in [-0.3, -0.25) is 9.59 Å². The summed E-state index contributed by atoms with van der Waals surface area (Å²) < 4.78 is 26.0. The lowest BCUT2D eigenvalue weighted by atomic mass is 10.4. The number of nitrogens with one attached hydrogen (secondary N) is 1. The van der Waals surface area contributed by atoms with Crippen molar-refractivity contribution >= 4 is 21.7 Å². The van der Waals surface area contributed by atoms with E-state index in [9.17, 15) is 18.0 Å². The van der Waals surface area contributed by atoms with Crippen molar-refractivity contribution in [3.05, 3.63) is 0 Å². The molecular weight excluding hydrogens is 222 g/mol. The third-order valence-electron chi connectivity index (χ3n) is 1.44. The molecule has 0 saturated heterocycles. The molecule has 0 atom stereocenters. The highest BCUT2D eigenvalue weighted by atomic mass is 32.2. The van der Waals surface area contributed by atoms with Gasteiger partial charge in [0.15, 0.2) is 0 Å². The Morgan fingerprint density at radius 3 is 2.40 bits per heavy atom. The summed E-state index contributed by atoms with van der Waals surface area (Å²) in [5.41, 5.74) is 0. The van der Waals surface area contributed by atoms with Gasteiger partial charge in [-0.2, -0.15) is 0 Å². The van der Waals surface area contributed by atoms with Crippen LogP contribution in [0.2, 0.25) is 0 Å². The number of hydrogen-bond donors (Lipinski definition) is 1. The van der Waals surface area contributed by atoms with Crippen molar-refractivity contribution < 1.29 is 22.7 Å². The summed E-state index contributed by atoms with van der Waals surface area (Å²) in [4.78, 5) is 21.8. The second-order valence-corrected chi connectivity index (χ2v) is 5.22. The molecule has 0 radical (unpaired) electrons. The number of hydrogen-bond acceptors (Lipinski definition) is 5. The fourth-order valence-corrected chi connectivity index (χ4v) is 1.31. The molecule has 0 aromatic carbocycles. The molecule has 0 rings (SSSR count). The normalized spacial score (nSPS) is 10.8. The number of rotatable bonds is 6. The molecule has 0 aromatic rings. The number of sulfone groups is 1. The molecule has 15 heavy (non-hydrogen) atoms. The van der Waals surface area contributed by atoms with E-state index >= 15 is 0 Å². The van der Waals surface area contributed by atoms with E-state index in [4.69, 9.17) is 0 Å². The van der Waals surface area contributed by atoms with Gasteiger partial charge < -0.3 is 10.1 Å². The number of ether oxygens (including phenoxy) is 1. The Balaban J connectivity index is 3.72. The van der Waals surface area contributed by atoms with Crippen LogP contribution in [0.25, 0.3) is 0 Å². The quantitative estimate of drug-likeness (QED) is 0.605. The molecule has 0 saturated carbocycles. The lowest BCUT2D eigenvalue weighted by Gasteiger charge is -2.04. The molecule has 0 aromatic heterocycles. The molecule has 0 unspecified atom stereocenters. The Morgan fingerprint density at radius 1 is 1.33 bits per heavy atom. The van der Waals surface area contributed by atoms with Crippen LogP contribution in [0.3, 0.4) is 0 Å². The lowest BCUT2D eigenvalue weighted by Crippen LogP contribution is -2.31. The molecular formula is C8H15NO5S. The van der Waals surface area contributed by atoms with E-state index in [1.54, 1.807) is 6.92 Å². The van der Waals surface area contributed by atoms with Crippen molar-refractivity contribution in [3.8, 4) is 0 Å². The summed E-state index contributed by atoms with van der Waals surface area (Å²) in [6.45, 7) is 1.68. The topological polar surface area (TPSA) is 89.5 Å². The van der Waals surface area contributed by atoms with Crippen molar-refractivity contribution in [2.24, 2.45) is 0 Å². The van der Waals surface area contributed by atoms with E-state index in [2.05, 4.69) is 10.1 Å². The van der Waals surface area contributed by atoms with Gasteiger partial charge in [-0.05, 0) is 6.92 Å². The van der Waals surface area contributed by atoms with Crippen molar-refractivity contribution in [1.29, 1.82) is 0 Å². The minimum atomic E-state index is -3.14. The average Bonchev–Trinajstić information content (AvgIpc) is 2.11. The highest BCUT2D eigenvalue weighted by Gasteiger charge is 2.09. The number of carbonyl (C=O) groups excluding carboxylic acids is 2. The zero-order valence-corrected chi connectivity index (χ0v) is 9.59. The van der Waals surface area contributed by atoms with E-state index < -0.39 is 21.7 Å². The van der Waals surface area contributed by atoms with E-state index in [-0.39, 0.29) is 25.3 Å². The number of amides is 1. The van der Waals surface area contributed by atoms with Gasteiger partial charge in [0.1, 0.15) is 16.4 Å². The van der Waals surface area contributed by atoms with Crippen LogP contribution in [0.5, 0.6) is 0 Å². The van der Waals surface area contributed by atoms with Crippen LogP contribution in [0.15, 0.2) is 0 Å². The SMILES string of the molecule is CCOC(=O)CNC(=O)CCS(C)(=O)=O. The Kier molecular flexibility index (Phi) is 5.92. The van der Waals surface area contributed by atoms with Crippen molar-refractivity contribution in [3.63, 3.8) is 0 Å². The summed E-state index contributed by atoms with van der Waals surface area (Å²) in [6, 6.07) is 0. The van der Waals surface area contributed by atoms with Crippen LogP contribution >= 0.6 is 0 Å². The van der Waals surface area contributed by atoms with Gasteiger partial charge in [0, 0.05) is 12.7 Å². The Bertz CT molecular complexity index is 322. The number of carbonyl (C=O) groups is 2.